The zero-order chi connectivity index (χ0) is 12.1. The molecule has 0 saturated carbocycles. The Morgan fingerprint density at radius 1 is 1.69 bits per heavy atom. The minimum Gasteiger partial charge on any atom is -0.480 e. The van der Waals surface area contributed by atoms with E-state index in [1.165, 1.54) is 0 Å². The van der Waals surface area contributed by atoms with Gasteiger partial charge in [-0.05, 0) is 18.2 Å². The van der Waals surface area contributed by atoms with Crippen LogP contribution in [0.15, 0.2) is 22.7 Å². The number of halogens is 1. The fourth-order valence-corrected chi connectivity index (χ4v) is 1.43. The summed E-state index contributed by atoms with van der Waals surface area (Å²) >= 11 is 3.24. The van der Waals surface area contributed by atoms with Gasteiger partial charge in [-0.15, -0.1) is 0 Å². The summed E-state index contributed by atoms with van der Waals surface area (Å²) < 4.78 is 0.789. The number of anilines is 1. The van der Waals surface area contributed by atoms with Gasteiger partial charge in [0.1, 0.15) is 12.1 Å². The zero-order valence-electron chi connectivity index (χ0n) is 8.27. The molecule has 1 aromatic carbocycles. The molecule has 16 heavy (non-hydrogen) atoms. The molecular weight excluding hydrogens is 274 g/mol. The van der Waals surface area contributed by atoms with E-state index < -0.39 is 12.0 Å². The van der Waals surface area contributed by atoms with E-state index in [0.717, 1.165) is 4.47 Å². The Morgan fingerprint density at radius 3 is 2.94 bits per heavy atom. The molecule has 0 radical (unpaired) electrons. The number of hydrogen-bond donors (Lipinski definition) is 3. The van der Waals surface area contributed by atoms with Crippen LogP contribution in [0.5, 0.6) is 0 Å². The first-order chi connectivity index (χ1) is 7.54. The molecule has 1 rings (SSSR count). The van der Waals surface area contributed by atoms with E-state index in [2.05, 4.69) is 21.2 Å². The van der Waals surface area contributed by atoms with Crippen molar-refractivity contribution in [1.82, 2.24) is 0 Å². The largest absolute Gasteiger partial charge is 0.480 e. The summed E-state index contributed by atoms with van der Waals surface area (Å²) in [5.41, 5.74) is 6.34. The van der Waals surface area contributed by atoms with Crippen molar-refractivity contribution in [1.29, 1.82) is 5.26 Å². The molecule has 6 heteroatoms. The van der Waals surface area contributed by atoms with Gasteiger partial charge < -0.3 is 16.2 Å². The van der Waals surface area contributed by atoms with E-state index in [4.69, 9.17) is 16.1 Å². The molecular formula is C10H10BrN3O2. The third-order valence-corrected chi connectivity index (χ3v) is 2.42. The maximum absolute atomic E-state index is 10.5. The number of carboxylic acid groups (broad SMARTS) is 1. The van der Waals surface area contributed by atoms with Gasteiger partial charge in [0.25, 0.3) is 0 Å². The lowest BCUT2D eigenvalue weighted by Gasteiger charge is -2.10. The van der Waals surface area contributed by atoms with Crippen LogP contribution < -0.4 is 11.1 Å². The summed E-state index contributed by atoms with van der Waals surface area (Å²) in [5.74, 6) is -1.08. The monoisotopic (exact) mass is 283 g/mol. The first-order valence-electron chi connectivity index (χ1n) is 4.46. The summed E-state index contributed by atoms with van der Waals surface area (Å²) in [7, 11) is 0. The Hall–Kier alpha value is -1.58. The van der Waals surface area contributed by atoms with Crippen molar-refractivity contribution in [3.05, 3.63) is 28.2 Å². The zero-order valence-corrected chi connectivity index (χ0v) is 9.86. The molecule has 0 amide bonds. The molecule has 0 heterocycles. The van der Waals surface area contributed by atoms with Crippen molar-refractivity contribution in [3.63, 3.8) is 0 Å². The molecule has 0 bridgehead atoms. The van der Waals surface area contributed by atoms with Crippen molar-refractivity contribution < 1.29 is 9.90 Å². The van der Waals surface area contributed by atoms with Crippen molar-refractivity contribution in [2.45, 2.75) is 6.04 Å². The second-order valence-corrected chi connectivity index (χ2v) is 4.04. The van der Waals surface area contributed by atoms with Gasteiger partial charge in [0.15, 0.2) is 0 Å². The lowest BCUT2D eigenvalue weighted by molar-refractivity contribution is -0.138. The maximum atomic E-state index is 10.5. The predicted molar refractivity (Wildman–Crippen MR) is 63.0 cm³/mol. The second-order valence-electron chi connectivity index (χ2n) is 3.13. The van der Waals surface area contributed by atoms with Gasteiger partial charge in [-0.25, -0.2) is 0 Å². The van der Waals surface area contributed by atoms with Gasteiger partial charge in [0.2, 0.25) is 0 Å². The van der Waals surface area contributed by atoms with Gasteiger partial charge >= 0.3 is 5.97 Å². The van der Waals surface area contributed by atoms with E-state index in [0.29, 0.717) is 11.3 Å². The Labute approximate surface area is 101 Å². The summed E-state index contributed by atoms with van der Waals surface area (Å²) in [6.07, 6.45) is 0. The van der Waals surface area contributed by atoms with Gasteiger partial charge in [-0.1, -0.05) is 15.9 Å². The van der Waals surface area contributed by atoms with E-state index in [-0.39, 0.29) is 6.54 Å². The number of benzene rings is 1. The van der Waals surface area contributed by atoms with E-state index in [1.54, 1.807) is 18.2 Å². The van der Waals surface area contributed by atoms with E-state index >= 15 is 0 Å². The smallest absolute Gasteiger partial charge is 0.322 e. The minimum absolute atomic E-state index is 0.0750. The SMILES string of the molecule is N#Cc1cc(Br)ccc1NCC(N)C(=O)O. The highest BCUT2D eigenvalue weighted by Gasteiger charge is 2.11. The Morgan fingerprint density at radius 2 is 2.38 bits per heavy atom. The number of hydrogen-bond acceptors (Lipinski definition) is 4. The first-order valence-corrected chi connectivity index (χ1v) is 5.26. The lowest BCUT2D eigenvalue weighted by Crippen LogP contribution is -2.37. The Kier molecular flexibility index (Phi) is 4.28. The normalized spacial score (nSPS) is 11.6. The molecule has 0 aliphatic rings. The fourth-order valence-electron chi connectivity index (χ4n) is 1.07. The number of nitrogens with two attached hydrogens (primary N) is 1. The van der Waals surface area contributed by atoms with Gasteiger partial charge in [-0.2, -0.15) is 5.26 Å². The van der Waals surface area contributed by atoms with Crippen LogP contribution in [0.2, 0.25) is 0 Å². The summed E-state index contributed by atoms with van der Waals surface area (Å²) in [5, 5.41) is 20.3. The average Bonchev–Trinajstić information content (AvgIpc) is 2.26. The quantitative estimate of drug-likeness (QED) is 0.770. The summed E-state index contributed by atoms with van der Waals surface area (Å²) in [4.78, 5) is 10.5. The molecule has 0 spiro atoms. The fraction of sp³-hybridized carbons (Fsp3) is 0.200. The van der Waals surface area contributed by atoms with Crippen molar-refractivity contribution in [2.75, 3.05) is 11.9 Å². The molecule has 84 valence electrons. The number of nitrogens with one attached hydrogen (secondary N) is 1. The number of nitriles is 1. The van der Waals surface area contributed by atoms with Crippen LogP contribution in [0.1, 0.15) is 5.56 Å². The molecule has 0 aliphatic heterocycles. The Balaban J connectivity index is 2.75. The third-order valence-electron chi connectivity index (χ3n) is 1.93. The third kappa shape index (κ3) is 3.22. The summed E-state index contributed by atoms with van der Waals surface area (Å²) in [6.45, 7) is 0.0750. The number of carboxylic acids is 1. The molecule has 0 aliphatic carbocycles. The van der Waals surface area contributed by atoms with Gasteiger partial charge in [0, 0.05) is 11.0 Å². The Bertz CT molecular complexity index is 442. The number of aliphatic carboxylic acids is 1. The molecule has 4 N–H and O–H groups in total. The lowest BCUT2D eigenvalue weighted by atomic mass is 10.2. The highest BCUT2D eigenvalue weighted by Crippen LogP contribution is 2.19. The minimum atomic E-state index is -1.08. The van der Waals surface area contributed by atoms with E-state index in [1.807, 2.05) is 6.07 Å². The van der Waals surface area contributed by atoms with Crippen LogP contribution in [-0.4, -0.2) is 23.7 Å². The molecule has 1 atom stereocenters. The second kappa shape index (κ2) is 5.49. The van der Waals surface area contributed by atoms with Crippen molar-refractivity contribution in [3.8, 4) is 6.07 Å². The molecule has 0 saturated heterocycles. The average molecular weight is 284 g/mol. The summed E-state index contributed by atoms with van der Waals surface area (Å²) in [6, 6.07) is 6.12. The molecule has 0 fully saturated rings. The van der Waals surface area contributed by atoms with Crippen LogP contribution in [0.3, 0.4) is 0 Å². The first kappa shape index (κ1) is 12.5. The van der Waals surface area contributed by atoms with Crippen molar-refractivity contribution in [2.24, 2.45) is 5.73 Å². The van der Waals surface area contributed by atoms with Gasteiger partial charge in [0.05, 0.1) is 11.3 Å². The molecule has 0 aromatic heterocycles. The molecule has 5 nitrogen and oxygen atoms in total. The number of carbonyl (C=O) groups is 1. The standard InChI is InChI=1S/C10H10BrN3O2/c11-7-1-2-9(6(3-7)4-12)14-5-8(13)10(15)16/h1-3,8,14H,5,13H2,(H,15,16). The van der Waals surface area contributed by atoms with Crippen LogP contribution >= 0.6 is 15.9 Å². The molecule has 1 aromatic rings. The van der Waals surface area contributed by atoms with Crippen LogP contribution in [0.25, 0.3) is 0 Å². The molecule has 1 unspecified atom stereocenters. The van der Waals surface area contributed by atoms with Crippen LogP contribution in [-0.2, 0) is 4.79 Å². The van der Waals surface area contributed by atoms with Crippen LogP contribution in [0, 0.1) is 11.3 Å². The highest BCUT2D eigenvalue weighted by molar-refractivity contribution is 9.10. The topological polar surface area (TPSA) is 99.1 Å². The number of nitrogens with zero attached hydrogens (tertiary/aromatic N) is 1. The van der Waals surface area contributed by atoms with Crippen LogP contribution in [0.4, 0.5) is 5.69 Å². The number of rotatable bonds is 4. The predicted octanol–water partition coefficient (Wildman–Crippen LogP) is 1.14. The van der Waals surface area contributed by atoms with E-state index in [9.17, 15) is 4.79 Å². The van der Waals surface area contributed by atoms with Gasteiger partial charge in [-0.3, -0.25) is 4.79 Å². The highest BCUT2D eigenvalue weighted by atomic mass is 79.9. The maximum Gasteiger partial charge on any atom is 0.322 e. The van der Waals surface area contributed by atoms with Crippen molar-refractivity contribution >= 4 is 27.6 Å².